The molecule has 7 heteroatoms. The number of aromatic amines is 1. The first kappa shape index (κ1) is 16.0. The Balaban J connectivity index is 2.38. The van der Waals surface area contributed by atoms with E-state index in [4.69, 9.17) is 4.74 Å². The molecule has 1 aromatic carbocycles. The molecule has 2 aromatic rings. The van der Waals surface area contributed by atoms with Crippen molar-refractivity contribution in [2.24, 2.45) is 0 Å². The highest BCUT2D eigenvalue weighted by atomic mass is 16.5. The van der Waals surface area contributed by atoms with E-state index in [1.807, 2.05) is 0 Å². The number of esters is 2. The maximum atomic E-state index is 11.8. The minimum atomic E-state index is -1.34. The van der Waals surface area contributed by atoms with Gasteiger partial charge in [0.1, 0.15) is 6.10 Å². The smallest absolute Gasteiger partial charge is 0.338 e. The Labute approximate surface area is 126 Å². The zero-order valence-electron chi connectivity index (χ0n) is 12.2. The van der Waals surface area contributed by atoms with E-state index in [1.54, 1.807) is 18.3 Å². The molecule has 1 heterocycles. The normalized spacial score (nSPS) is 13.6. The van der Waals surface area contributed by atoms with Gasteiger partial charge in [0.05, 0.1) is 32.3 Å². The zero-order valence-corrected chi connectivity index (χ0v) is 12.2. The molecule has 0 aliphatic carbocycles. The molecular formula is C15H17NO6. The van der Waals surface area contributed by atoms with Gasteiger partial charge in [-0.15, -0.1) is 0 Å². The summed E-state index contributed by atoms with van der Waals surface area (Å²) in [5.41, 5.74) is 1.18. The van der Waals surface area contributed by atoms with Crippen molar-refractivity contribution in [1.82, 2.24) is 4.98 Å². The summed E-state index contributed by atoms with van der Waals surface area (Å²) in [6.45, 7) is 0. The van der Waals surface area contributed by atoms with Crippen molar-refractivity contribution in [2.45, 2.75) is 18.6 Å². The van der Waals surface area contributed by atoms with Crippen molar-refractivity contribution in [2.75, 3.05) is 14.2 Å². The van der Waals surface area contributed by atoms with Crippen LogP contribution in [0, 0.1) is 0 Å². The SMILES string of the molecule is COC(=O)CC(O)C(O)c1cc(C(=O)OC)c2cc[nH]c2c1. The minimum absolute atomic E-state index is 0.264. The van der Waals surface area contributed by atoms with Gasteiger partial charge in [0.15, 0.2) is 0 Å². The number of rotatable bonds is 5. The molecule has 0 spiro atoms. The summed E-state index contributed by atoms with van der Waals surface area (Å²) in [4.78, 5) is 25.9. The fraction of sp³-hybridized carbons (Fsp3) is 0.333. The number of aliphatic hydroxyl groups is 2. The highest BCUT2D eigenvalue weighted by Gasteiger charge is 2.24. The van der Waals surface area contributed by atoms with Gasteiger partial charge >= 0.3 is 11.9 Å². The van der Waals surface area contributed by atoms with Crippen molar-refractivity contribution in [3.8, 4) is 0 Å². The van der Waals surface area contributed by atoms with Crippen molar-refractivity contribution < 1.29 is 29.3 Å². The fourth-order valence-corrected chi connectivity index (χ4v) is 2.23. The quantitative estimate of drug-likeness (QED) is 0.709. The molecule has 0 bridgehead atoms. The monoisotopic (exact) mass is 307 g/mol. The molecule has 0 saturated carbocycles. The van der Waals surface area contributed by atoms with Gasteiger partial charge in [0.25, 0.3) is 0 Å². The molecule has 118 valence electrons. The standard InChI is InChI=1S/C15H17NO6/c1-21-13(18)7-12(17)14(19)8-5-10(15(20)22-2)9-3-4-16-11(9)6-8/h3-6,12,14,16-17,19H,7H2,1-2H3. The van der Waals surface area contributed by atoms with Crippen LogP contribution in [0.4, 0.5) is 0 Å². The largest absolute Gasteiger partial charge is 0.469 e. The predicted octanol–water partition coefficient (Wildman–Crippen LogP) is 0.912. The molecule has 1 aromatic heterocycles. The van der Waals surface area contributed by atoms with E-state index in [0.29, 0.717) is 16.5 Å². The number of H-pyrrole nitrogens is 1. The van der Waals surface area contributed by atoms with Crippen LogP contribution in [0.5, 0.6) is 0 Å². The second kappa shape index (κ2) is 6.59. The van der Waals surface area contributed by atoms with Gasteiger partial charge in [-0.3, -0.25) is 4.79 Å². The van der Waals surface area contributed by atoms with Crippen LogP contribution in [0.1, 0.15) is 28.4 Å². The van der Waals surface area contributed by atoms with E-state index in [0.717, 1.165) is 0 Å². The van der Waals surface area contributed by atoms with Crippen LogP contribution >= 0.6 is 0 Å². The molecule has 0 aliphatic heterocycles. The number of benzene rings is 1. The second-order valence-electron chi connectivity index (χ2n) is 4.79. The molecule has 0 aliphatic rings. The Hall–Kier alpha value is -2.38. The highest BCUT2D eigenvalue weighted by Crippen LogP contribution is 2.27. The summed E-state index contributed by atoms with van der Waals surface area (Å²) < 4.78 is 9.17. The number of hydrogen-bond donors (Lipinski definition) is 3. The molecule has 0 radical (unpaired) electrons. The van der Waals surface area contributed by atoms with Gasteiger partial charge < -0.3 is 24.7 Å². The first-order chi connectivity index (χ1) is 10.5. The lowest BCUT2D eigenvalue weighted by Crippen LogP contribution is -2.23. The Bertz CT molecular complexity index is 692. The number of nitrogens with one attached hydrogen (secondary N) is 1. The van der Waals surface area contributed by atoms with Crippen LogP contribution in [0.2, 0.25) is 0 Å². The third-order valence-corrected chi connectivity index (χ3v) is 3.41. The van der Waals surface area contributed by atoms with Crippen LogP contribution in [-0.2, 0) is 14.3 Å². The minimum Gasteiger partial charge on any atom is -0.469 e. The Kier molecular flexibility index (Phi) is 4.79. The van der Waals surface area contributed by atoms with E-state index in [-0.39, 0.29) is 12.0 Å². The van der Waals surface area contributed by atoms with Gasteiger partial charge in [0.2, 0.25) is 0 Å². The van der Waals surface area contributed by atoms with Crippen LogP contribution in [0.25, 0.3) is 10.9 Å². The predicted molar refractivity (Wildman–Crippen MR) is 77.2 cm³/mol. The van der Waals surface area contributed by atoms with Crippen molar-refractivity contribution in [1.29, 1.82) is 0 Å². The average molecular weight is 307 g/mol. The lowest BCUT2D eigenvalue weighted by Gasteiger charge is -2.18. The lowest BCUT2D eigenvalue weighted by atomic mass is 9.98. The number of aromatic nitrogens is 1. The Morgan fingerprint density at radius 2 is 1.95 bits per heavy atom. The topological polar surface area (TPSA) is 109 Å². The van der Waals surface area contributed by atoms with Gasteiger partial charge in [0, 0.05) is 17.1 Å². The van der Waals surface area contributed by atoms with Crippen LogP contribution in [-0.4, -0.2) is 47.5 Å². The first-order valence-corrected chi connectivity index (χ1v) is 6.60. The number of carbonyl (C=O) groups excluding carboxylic acids is 2. The molecule has 7 nitrogen and oxygen atoms in total. The van der Waals surface area contributed by atoms with E-state index in [1.165, 1.54) is 20.3 Å². The van der Waals surface area contributed by atoms with Gasteiger partial charge in [-0.25, -0.2) is 4.79 Å². The van der Waals surface area contributed by atoms with Gasteiger partial charge in [-0.1, -0.05) is 0 Å². The lowest BCUT2D eigenvalue weighted by molar-refractivity contribution is -0.144. The fourth-order valence-electron chi connectivity index (χ4n) is 2.23. The van der Waals surface area contributed by atoms with Crippen LogP contribution < -0.4 is 0 Å². The third-order valence-electron chi connectivity index (χ3n) is 3.41. The van der Waals surface area contributed by atoms with E-state index in [2.05, 4.69) is 9.72 Å². The first-order valence-electron chi connectivity index (χ1n) is 6.60. The molecule has 0 fully saturated rings. The Morgan fingerprint density at radius 3 is 2.59 bits per heavy atom. The van der Waals surface area contributed by atoms with Crippen LogP contribution in [0.15, 0.2) is 24.4 Å². The summed E-state index contributed by atoms with van der Waals surface area (Å²) in [7, 11) is 2.46. The number of hydrogen-bond acceptors (Lipinski definition) is 6. The Morgan fingerprint density at radius 1 is 1.23 bits per heavy atom. The summed E-state index contributed by atoms with van der Waals surface area (Å²) in [6, 6.07) is 4.75. The number of carbonyl (C=O) groups is 2. The maximum absolute atomic E-state index is 11.8. The summed E-state index contributed by atoms with van der Waals surface area (Å²) in [5.74, 6) is -1.19. The maximum Gasteiger partial charge on any atom is 0.338 e. The highest BCUT2D eigenvalue weighted by molar-refractivity contribution is 6.04. The molecular weight excluding hydrogens is 290 g/mol. The summed E-state index contributed by atoms with van der Waals surface area (Å²) in [5, 5.41) is 20.7. The molecule has 2 atom stereocenters. The van der Waals surface area contributed by atoms with Crippen molar-refractivity contribution >= 4 is 22.8 Å². The molecule has 0 saturated heterocycles. The van der Waals surface area contributed by atoms with E-state index < -0.39 is 24.1 Å². The third kappa shape index (κ3) is 3.10. The molecule has 3 N–H and O–H groups in total. The summed E-state index contributed by atoms with van der Waals surface area (Å²) >= 11 is 0. The number of aliphatic hydroxyl groups excluding tert-OH is 2. The van der Waals surface area contributed by atoms with Crippen molar-refractivity contribution in [3.05, 3.63) is 35.5 Å². The van der Waals surface area contributed by atoms with Crippen molar-refractivity contribution in [3.63, 3.8) is 0 Å². The van der Waals surface area contributed by atoms with Gasteiger partial charge in [-0.2, -0.15) is 0 Å². The van der Waals surface area contributed by atoms with E-state index >= 15 is 0 Å². The van der Waals surface area contributed by atoms with Crippen LogP contribution in [0.3, 0.4) is 0 Å². The molecule has 0 amide bonds. The molecule has 2 rings (SSSR count). The van der Waals surface area contributed by atoms with Gasteiger partial charge in [-0.05, 0) is 23.8 Å². The number of fused-ring (bicyclic) bond motifs is 1. The summed E-state index contributed by atoms with van der Waals surface area (Å²) in [6.07, 6.45) is -1.38. The number of methoxy groups -OCH3 is 2. The second-order valence-corrected chi connectivity index (χ2v) is 4.79. The molecule has 2 unspecified atom stereocenters. The number of ether oxygens (including phenoxy) is 2. The zero-order chi connectivity index (χ0) is 16.3. The average Bonchev–Trinajstić information content (AvgIpc) is 3.00. The molecule has 22 heavy (non-hydrogen) atoms. The van der Waals surface area contributed by atoms with E-state index in [9.17, 15) is 19.8 Å².